The second-order valence-electron chi connectivity index (χ2n) is 6.03. The van der Waals surface area contributed by atoms with Crippen molar-refractivity contribution in [1.82, 2.24) is 9.80 Å². The van der Waals surface area contributed by atoms with Crippen molar-refractivity contribution in [3.63, 3.8) is 0 Å². The summed E-state index contributed by atoms with van der Waals surface area (Å²) in [7, 11) is 1.44. The second-order valence-corrected chi connectivity index (χ2v) is 6.85. The summed E-state index contributed by atoms with van der Waals surface area (Å²) < 4.78 is 10.6. The van der Waals surface area contributed by atoms with E-state index in [1.807, 2.05) is 0 Å². The standard InChI is InChI=1S/C17H20Cl2N2O4/c1-24-15-12(19)5-4-11(18)14(15)17(23)21-6-2-3-13(21)16(22)20-7-9-25-10-8-20/h4-5,13H,2-3,6-10H2,1H3/t13-/m1/s1. The summed E-state index contributed by atoms with van der Waals surface area (Å²) in [6, 6.07) is 2.67. The third-order valence-electron chi connectivity index (χ3n) is 4.60. The number of likely N-dealkylation sites (tertiary alicyclic amines) is 1. The number of amides is 2. The summed E-state index contributed by atoms with van der Waals surface area (Å²) in [5, 5.41) is 0.571. The fourth-order valence-electron chi connectivity index (χ4n) is 3.34. The monoisotopic (exact) mass is 386 g/mol. The average Bonchev–Trinajstić information content (AvgIpc) is 3.12. The number of hydrogen-bond donors (Lipinski definition) is 0. The smallest absolute Gasteiger partial charge is 0.259 e. The summed E-state index contributed by atoms with van der Waals surface area (Å²) in [5.74, 6) is -0.122. The van der Waals surface area contributed by atoms with Crippen molar-refractivity contribution in [2.45, 2.75) is 18.9 Å². The van der Waals surface area contributed by atoms with Crippen LogP contribution in [-0.2, 0) is 9.53 Å². The molecule has 8 heteroatoms. The quantitative estimate of drug-likeness (QED) is 0.800. The lowest BCUT2D eigenvalue weighted by Crippen LogP contribution is -2.51. The molecule has 6 nitrogen and oxygen atoms in total. The Bertz CT molecular complexity index is 677. The maximum absolute atomic E-state index is 13.1. The van der Waals surface area contributed by atoms with Crippen LogP contribution in [0.1, 0.15) is 23.2 Å². The highest BCUT2D eigenvalue weighted by molar-refractivity contribution is 6.37. The second kappa shape index (κ2) is 7.81. The van der Waals surface area contributed by atoms with Gasteiger partial charge < -0.3 is 19.3 Å². The van der Waals surface area contributed by atoms with Gasteiger partial charge in [-0.2, -0.15) is 0 Å². The Balaban J connectivity index is 1.86. The molecule has 0 aromatic heterocycles. The van der Waals surface area contributed by atoms with Gasteiger partial charge in [-0.05, 0) is 25.0 Å². The van der Waals surface area contributed by atoms with Crippen molar-refractivity contribution in [3.8, 4) is 5.75 Å². The Hall–Kier alpha value is -1.50. The number of halogens is 2. The van der Waals surface area contributed by atoms with Crippen LogP contribution in [0.15, 0.2) is 12.1 Å². The topological polar surface area (TPSA) is 59.1 Å². The Morgan fingerprint density at radius 1 is 1.16 bits per heavy atom. The van der Waals surface area contributed by atoms with Gasteiger partial charge in [0.05, 0.1) is 30.4 Å². The van der Waals surface area contributed by atoms with Crippen molar-refractivity contribution < 1.29 is 19.1 Å². The molecule has 2 saturated heterocycles. The first-order valence-corrected chi connectivity index (χ1v) is 8.99. The number of nitrogens with zero attached hydrogens (tertiary/aromatic N) is 2. The van der Waals surface area contributed by atoms with Gasteiger partial charge in [-0.1, -0.05) is 23.2 Å². The third kappa shape index (κ3) is 3.57. The Morgan fingerprint density at radius 3 is 2.52 bits per heavy atom. The Labute approximate surface area is 156 Å². The van der Waals surface area contributed by atoms with Gasteiger partial charge in [0.15, 0.2) is 5.75 Å². The van der Waals surface area contributed by atoms with Gasteiger partial charge in [-0.25, -0.2) is 0 Å². The molecule has 0 radical (unpaired) electrons. The molecule has 2 fully saturated rings. The van der Waals surface area contributed by atoms with Gasteiger partial charge in [-0.15, -0.1) is 0 Å². The normalized spacial score (nSPS) is 20.7. The molecule has 25 heavy (non-hydrogen) atoms. The van der Waals surface area contributed by atoms with E-state index in [0.29, 0.717) is 44.3 Å². The summed E-state index contributed by atoms with van der Waals surface area (Å²) in [5.41, 5.74) is 0.207. The number of morpholine rings is 1. The highest BCUT2D eigenvalue weighted by atomic mass is 35.5. The molecule has 3 rings (SSSR count). The minimum absolute atomic E-state index is 0.0359. The maximum Gasteiger partial charge on any atom is 0.259 e. The molecule has 2 aliphatic rings. The van der Waals surface area contributed by atoms with Crippen LogP contribution in [0, 0.1) is 0 Å². The summed E-state index contributed by atoms with van der Waals surface area (Å²) in [6.45, 7) is 2.67. The summed E-state index contributed by atoms with van der Waals surface area (Å²) in [4.78, 5) is 29.3. The Kier molecular flexibility index (Phi) is 5.71. The van der Waals surface area contributed by atoms with Crippen LogP contribution in [-0.4, -0.2) is 67.6 Å². The zero-order valence-electron chi connectivity index (χ0n) is 14.0. The molecule has 0 aliphatic carbocycles. The third-order valence-corrected chi connectivity index (χ3v) is 5.21. The van der Waals surface area contributed by atoms with Crippen LogP contribution in [0.25, 0.3) is 0 Å². The lowest BCUT2D eigenvalue weighted by atomic mass is 10.1. The van der Waals surface area contributed by atoms with Crippen LogP contribution >= 0.6 is 23.2 Å². The molecule has 1 aromatic carbocycles. The van der Waals surface area contributed by atoms with Crippen LogP contribution in [0.2, 0.25) is 10.0 Å². The molecule has 0 bridgehead atoms. The van der Waals surface area contributed by atoms with E-state index in [1.165, 1.54) is 7.11 Å². The number of benzene rings is 1. The lowest BCUT2D eigenvalue weighted by Gasteiger charge is -2.32. The molecule has 0 saturated carbocycles. The van der Waals surface area contributed by atoms with Gasteiger partial charge in [-0.3, -0.25) is 9.59 Å². The molecule has 0 unspecified atom stereocenters. The van der Waals surface area contributed by atoms with Crippen molar-refractivity contribution in [3.05, 3.63) is 27.7 Å². The summed E-state index contributed by atoms with van der Waals surface area (Å²) in [6.07, 6.45) is 1.41. The fourth-order valence-corrected chi connectivity index (χ4v) is 3.80. The van der Waals surface area contributed by atoms with E-state index in [4.69, 9.17) is 32.7 Å². The van der Waals surface area contributed by atoms with E-state index in [9.17, 15) is 9.59 Å². The number of carbonyl (C=O) groups is 2. The van der Waals surface area contributed by atoms with Crippen LogP contribution < -0.4 is 4.74 Å². The minimum Gasteiger partial charge on any atom is -0.494 e. The zero-order valence-corrected chi connectivity index (χ0v) is 15.5. The van der Waals surface area contributed by atoms with Gasteiger partial charge in [0, 0.05) is 19.6 Å². The average molecular weight is 387 g/mol. The maximum atomic E-state index is 13.1. The van der Waals surface area contributed by atoms with Gasteiger partial charge >= 0.3 is 0 Å². The molecule has 2 aliphatic heterocycles. The highest BCUT2D eigenvalue weighted by Gasteiger charge is 2.38. The first-order chi connectivity index (χ1) is 12.0. The largest absolute Gasteiger partial charge is 0.494 e. The molecule has 2 amide bonds. The summed E-state index contributed by atoms with van der Waals surface area (Å²) >= 11 is 12.4. The van der Waals surface area contributed by atoms with Crippen LogP contribution in [0.4, 0.5) is 0 Å². The number of rotatable bonds is 3. The van der Waals surface area contributed by atoms with Crippen molar-refractivity contribution in [2.24, 2.45) is 0 Å². The molecule has 2 heterocycles. The number of methoxy groups -OCH3 is 1. The number of carbonyl (C=O) groups excluding carboxylic acids is 2. The van der Waals surface area contributed by atoms with Crippen LogP contribution in [0.3, 0.4) is 0 Å². The first kappa shape index (κ1) is 18.3. The number of hydrogen-bond acceptors (Lipinski definition) is 4. The zero-order chi connectivity index (χ0) is 18.0. The molecule has 1 atom stereocenters. The lowest BCUT2D eigenvalue weighted by molar-refractivity contribution is -0.139. The van der Waals surface area contributed by atoms with Crippen LogP contribution in [0.5, 0.6) is 5.75 Å². The first-order valence-electron chi connectivity index (χ1n) is 8.24. The Morgan fingerprint density at radius 2 is 1.84 bits per heavy atom. The predicted octanol–water partition coefficient (Wildman–Crippen LogP) is 2.47. The SMILES string of the molecule is COc1c(Cl)ccc(Cl)c1C(=O)N1CCC[C@@H]1C(=O)N1CCOCC1. The van der Waals surface area contributed by atoms with Crippen molar-refractivity contribution in [2.75, 3.05) is 40.0 Å². The van der Waals surface area contributed by atoms with E-state index in [0.717, 1.165) is 6.42 Å². The van der Waals surface area contributed by atoms with E-state index >= 15 is 0 Å². The molecular weight excluding hydrogens is 367 g/mol. The molecule has 136 valence electrons. The van der Waals surface area contributed by atoms with Gasteiger partial charge in [0.25, 0.3) is 5.91 Å². The van der Waals surface area contributed by atoms with E-state index < -0.39 is 6.04 Å². The molecule has 0 N–H and O–H groups in total. The van der Waals surface area contributed by atoms with E-state index in [-0.39, 0.29) is 28.1 Å². The van der Waals surface area contributed by atoms with E-state index in [1.54, 1.807) is 21.9 Å². The molecular formula is C17H20Cl2N2O4. The minimum atomic E-state index is -0.481. The van der Waals surface area contributed by atoms with Crippen molar-refractivity contribution in [1.29, 1.82) is 0 Å². The number of ether oxygens (including phenoxy) is 2. The van der Waals surface area contributed by atoms with Gasteiger partial charge in [0.2, 0.25) is 5.91 Å². The highest BCUT2D eigenvalue weighted by Crippen LogP contribution is 2.36. The van der Waals surface area contributed by atoms with Crippen molar-refractivity contribution >= 4 is 35.0 Å². The van der Waals surface area contributed by atoms with E-state index in [2.05, 4.69) is 0 Å². The molecule has 0 spiro atoms. The fraction of sp³-hybridized carbons (Fsp3) is 0.529. The van der Waals surface area contributed by atoms with Gasteiger partial charge in [0.1, 0.15) is 11.6 Å². The predicted molar refractivity (Wildman–Crippen MR) is 94.5 cm³/mol. The molecule has 1 aromatic rings.